The number of carbonyl (C=O) groups excluding carboxylic acids is 2. The number of nitrogens with one attached hydrogen (secondary N) is 1. The van der Waals surface area contributed by atoms with Gasteiger partial charge in [-0.15, -0.1) is 0 Å². The third-order valence-electron chi connectivity index (χ3n) is 5.45. The molecule has 3 rings (SSSR count). The molecular formula is C24H26F2N4O4. The smallest absolute Gasteiger partial charge is 0.410 e. The Morgan fingerprint density at radius 3 is 2.47 bits per heavy atom. The van der Waals surface area contributed by atoms with Crippen LogP contribution in [0.3, 0.4) is 0 Å². The van der Waals surface area contributed by atoms with Crippen molar-refractivity contribution in [3.05, 3.63) is 58.8 Å². The van der Waals surface area contributed by atoms with Gasteiger partial charge in [0.05, 0.1) is 24.8 Å². The van der Waals surface area contributed by atoms with Crippen LogP contribution in [-0.4, -0.2) is 53.8 Å². The number of hydrogen-bond donors (Lipinski definition) is 1. The minimum absolute atomic E-state index is 0.0512. The Balaban J connectivity index is 1.91. The number of pyridine rings is 1. The molecule has 1 aliphatic rings. The molecule has 1 atom stereocenters. The minimum Gasteiger partial charge on any atom is -0.465 e. The molecule has 10 heteroatoms. The van der Waals surface area contributed by atoms with E-state index >= 15 is 0 Å². The van der Waals surface area contributed by atoms with Crippen LogP contribution in [0.15, 0.2) is 30.5 Å². The average molecular weight is 472 g/mol. The summed E-state index contributed by atoms with van der Waals surface area (Å²) in [6, 6.07) is 6.83. The average Bonchev–Trinajstić information content (AvgIpc) is 2.75. The first kappa shape index (κ1) is 24.9. The van der Waals surface area contributed by atoms with Crippen LogP contribution in [0, 0.1) is 23.0 Å². The maximum atomic E-state index is 14.7. The van der Waals surface area contributed by atoms with Crippen molar-refractivity contribution in [2.24, 2.45) is 0 Å². The number of carbonyl (C=O) groups is 2. The van der Waals surface area contributed by atoms with Gasteiger partial charge in [0.15, 0.2) is 11.6 Å². The van der Waals surface area contributed by atoms with Crippen LogP contribution in [0.4, 0.5) is 19.4 Å². The van der Waals surface area contributed by atoms with E-state index in [1.807, 2.05) is 6.07 Å². The van der Waals surface area contributed by atoms with Gasteiger partial charge in [0.1, 0.15) is 16.8 Å². The van der Waals surface area contributed by atoms with Gasteiger partial charge in [-0.25, -0.2) is 23.4 Å². The summed E-state index contributed by atoms with van der Waals surface area (Å²) >= 11 is 0. The lowest BCUT2D eigenvalue weighted by Crippen LogP contribution is -2.58. The molecule has 1 amide bonds. The van der Waals surface area contributed by atoms with Gasteiger partial charge >= 0.3 is 12.1 Å². The summed E-state index contributed by atoms with van der Waals surface area (Å²) < 4.78 is 38.8. The number of nitriles is 1. The standard InChI is InChI=1S/C24H26F2N4O4/c1-23(2,3)34-22(32)30-11-14(12-30)29-19-9-17(15(10-28-19)21(31)33-5)24(4,13-27)16-7-6-8-18(25)20(16)26/h6-10,14H,11-12H2,1-5H3,(H,28,29). The van der Waals surface area contributed by atoms with E-state index in [0.29, 0.717) is 18.9 Å². The van der Waals surface area contributed by atoms with Crippen LogP contribution < -0.4 is 5.32 Å². The van der Waals surface area contributed by atoms with Crippen molar-refractivity contribution in [2.45, 2.75) is 44.8 Å². The molecule has 180 valence electrons. The first-order valence-electron chi connectivity index (χ1n) is 10.6. The number of rotatable bonds is 5. The number of hydrogen-bond acceptors (Lipinski definition) is 7. The molecule has 2 aromatic rings. The van der Waals surface area contributed by atoms with Gasteiger partial charge in [-0.1, -0.05) is 12.1 Å². The van der Waals surface area contributed by atoms with Crippen molar-refractivity contribution >= 4 is 17.9 Å². The Bertz CT molecular complexity index is 1150. The van der Waals surface area contributed by atoms with Crippen molar-refractivity contribution in [3.63, 3.8) is 0 Å². The van der Waals surface area contributed by atoms with Crippen molar-refractivity contribution in [2.75, 3.05) is 25.5 Å². The normalized spacial score (nSPS) is 15.5. The van der Waals surface area contributed by atoms with E-state index in [9.17, 15) is 23.6 Å². The lowest BCUT2D eigenvalue weighted by atomic mass is 9.75. The number of likely N-dealkylation sites (tertiary alicyclic amines) is 1. The number of ether oxygens (including phenoxy) is 2. The van der Waals surface area contributed by atoms with Crippen molar-refractivity contribution in [3.8, 4) is 6.07 Å². The Hall–Kier alpha value is -3.74. The first-order chi connectivity index (χ1) is 15.9. The number of amides is 1. The molecule has 8 nitrogen and oxygen atoms in total. The molecular weight excluding hydrogens is 446 g/mol. The van der Waals surface area contributed by atoms with E-state index in [-0.39, 0.29) is 22.7 Å². The summed E-state index contributed by atoms with van der Waals surface area (Å²) in [4.78, 5) is 30.3. The van der Waals surface area contributed by atoms with Crippen molar-refractivity contribution < 1.29 is 27.8 Å². The Labute approximate surface area is 196 Å². The number of anilines is 1. The van der Waals surface area contributed by atoms with E-state index in [1.165, 1.54) is 43.3 Å². The number of methoxy groups -OCH3 is 1. The van der Waals surface area contributed by atoms with E-state index in [4.69, 9.17) is 9.47 Å². The summed E-state index contributed by atoms with van der Waals surface area (Å²) in [7, 11) is 1.17. The van der Waals surface area contributed by atoms with Gasteiger partial charge in [-0.3, -0.25) is 0 Å². The van der Waals surface area contributed by atoms with Crippen LogP contribution >= 0.6 is 0 Å². The molecule has 0 radical (unpaired) electrons. The Morgan fingerprint density at radius 2 is 1.88 bits per heavy atom. The van der Waals surface area contributed by atoms with Crippen molar-refractivity contribution in [1.29, 1.82) is 5.26 Å². The molecule has 1 unspecified atom stereocenters. The zero-order valence-electron chi connectivity index (χ0n) is 19.6. The van der Waals surface area contributed by atoms with Crippen LogP contribution in [0.2, 0.25) is 0 Å². The van der Waals surface area contributed by atoms with E-state index < -0.39 is 34.7 Å². The monoisotopic (exact) mass is 472 g/mol. The maximum Gasteiger partial charge on any atom is 0.410 e. The highest BCUT2D eigenvalue weighted by molar-refractivity contribution is 5.92. The molecule has 0 bridgehead atoms. The van der Waals surface area contributed by atoms with Crippen molar-refractivity contribution in [1.82, 2.24) is 9.88 Å². The second kappa shape index (κ2) is 9.25. The molecule has 1 aromatic heterocycles. The molecule has 0 spiro atoms. The third-order valence-corrected chi connectivity index (χ3v) is 5.45. The topological polar surface area (TPSA) is 105 Å². The van der Waals surface area contributed by atoms with Crippen LogP contribution in [-0.2, 0) is 14.9 Å². The van der Waals surface area contributed by atoms with Gasteiger partial charge in [0, 0.05) is 24.8 Å². The van der Waals surface area contributed by atoms with Crippen LogP contribution in [0.25, 0.3) is 0 Å². The van der Waals surface area contributed by atoms with E-state index in [0.717, 1.165) is 6.07 Å². The van der Waals surface area contributed by atoms with Gasteiger partial charge in [0.2, 0.25) is 0 Å². The van der Waals surface area contributed by atoms with Gasteiger partial charge < -0.3 is 19.7 Å². The highest BCUT2D eigenvalue weighted by atomic mass is 19.2. The fourth-order valence-electron chi connectivity index (χ4n) is 3.63. The SMILES string of the molecule is COC(=O)c1cnc(NC2CN(C(=O)OC(C)(C)C)C2)cc1C(C)(C#N)c1cccc(F)c1F. The molecule has 1 aliphatic heterocycles. The highest BCUT2D eigenvalue weighted by Crippen LogP contribution is 2.37. The third kappa shape index (κ3) is 4.93. The molecule has 1 fully saturated rings. The second-order valence-electron chi connectivity index (χ2n) is 9.17. The van der Waals surface area contributed by atoms with E-state index in [1.54, 1.807) is 20.8 Å². The van der Waals surface area contributed by atoms with E-state index in [2.05, 4.69) is 10.3 Å². The second-order valence-corrected chi connectivity index (χ2v) is 9.17. The van der Waals surface area contributed by atoms with Gasteiger partial charge in [-0.05, 0) is 45.4 Å². The summed E-state index contributed by atoms with van der Waals surface area (Å²) in [5.74, 6) is -2.76. The predicted molar refractivity (Wildman–Crippen MR) is 119 cm³/mol. The summed E-state index contributed by atoms with van der Waals surface area (Å²) in [6.45, 7) is 7.45. The number of esters is 1. The molecule has 2 heterocycles. The molecule has 0 saturated carbocycles. The number of halogens is 2. The van der Waals surface area contributed by atoms with Crippen LogP contribution in [0.1, 0.15) is 49.2 Å². The van der Waals surface area contributed by atoms with Crippen LogP contribution in [0.5, 0.6) is 0 Å². The molecule has 1 N–H and O–H groups in total. The molecule has 1 saturated heterocycles. The summed E-state index contributed by atoms with van der Waals surface area (Å²) in [6.07, 6.45) is 0.791. The maximum absolute atomic E-state index is 14.7. The Morgan fingerprint density at radius 1 is 1.21 bits per heavy atom. The quantitative estimate of drug-likeness (QED) is 0.656. The zero-order valence-corrected chi connectivity index (χ0v) is 19.6. The molecule has 0 aliphatic carbocycles. The van der Waals surface area contributed by atoms with Gasteiger partial charge in [0.25, 0.3) is 0 Å². The lowest BCUT2D eigenvalue weighted by molar-refractivity contribution is 0.0104. The minimum atomic E-state index is -1.72. The van der Waals surface area contributed by atoms with Gasteiger partial charge in [-0.2, -0.15) is 5.26 Å². The Kier molecular flexibility index (Phi) is 6.77. The summed E-state index contributed by atoms with van der Waals surface area (Å²) in [5, 5.41) is 13.1. The predicted octanol–water partition coefficient (Wildman–Crippen LogP) is 4.01. The summed E-state index contributed by atoms with van der Waals surface area (Å²) in [5.41, 5.74) is -2.50. The number of benzene rings is 1. The molecule has 34 heavy (non-hydrogen) atoms. The molecule has 1 aromatic carbocycles. The fraction of sp³-hybridized carbons (Fsp3) is 0.417. The fourth-order valence-corrected chi connectivity index (χ4v) is 3.63. The number of aromatic nitrogens is 1. The zero-order chi connectivity index (χ0) is 25.3. The lowest BCUT2D eigenvalue weighted by Gasteiger charge is -2.40. The highest BCUT2D eigenvalue weighted by Gasteiger charge is 2.38. The largest absolute Gasteiger partial charge is 0.465 e. The number of nitrogens with zero attached hydrogens (tertiary/aromatic N) is 3. The first-order valence-corrected chi connectivity index (χ1v) is 10.6.